The van der Waals surface area contributed by atoms with Gasteiger partial charge in [0, 0.05) is 12.8 Å². The molecule has 2 heterocycles. The first-order valence-electron chi connectivity index (χ1n) is 7.90. The van der Waals surface area contributed by atoms with Crippen molar-refractivity contribution in [1.82, 2.24) is 4.98 Å². The van der Waals surface area contributed by atoms with E-state index in [0.29, 0.717) is 27.7 Å². The third-order valence-electron chi connectivity index (χ3n) is 4.19. The van der Waals surface area contributed by atoms with Crippen LogP contribution in [0.15, 0.2) is 24.3 Å². The fraction of sp³-hybridized carbons (Fsp3) is 0.353. The number of thiazole rings is 1. The van der Waals surface area contributed by atoms with Crippen LogP contribution >= 0.6 is 11.3 Å². The number of nitrogens with two attached hydrogens (primary N) is 1. The highest BCUT2D eigenvalue weighted by Gasteiger charge is 2.38. The molecule has 26 heavy (non-hydrogen) atoms. The summed E-state index contributed by atoms with van der Waals surface area (Å²) in [6, 6.07) is 4.35. The largest absolute Gasteiger partial charge is 0.416 e. The minimum atomic E-state index is -4.41. The lowest BCUT2D eigenvalue weighted by Gasteiger charge is -2.20. The number of carbonyl (C=O) groups is 2. The number of aryl methyl sites for hydroxylation is 1. The third kappa shape index (κ3) is 3.57. The van der Waals surface area contributed by atoms with Crippen molar-refractivity contribution >= 4 is 28.2 Å². The van der Waals surface area contributed by atoms with E-state index < -0.39 is 23.7 Å². The molecule has 1 aromatic carbocycles. The second kappa shape index (κ2) is 6.71. The highest BCUT2D eigenvalue weighted by molar-refractivity contribution is 7.16. The fourth-order valence-corrected chi connectivity index (χ4v) is 4.15. The van der Waals surface area contributed by atoms with Crippen LogP contribution in [0.4, 0.5) is 18.2 Å². The molecule has 3 rings (SSSR count). The summed E-state index contributed by atoms with van der Waals surface area (Å²) in [5.74, 6) is -0.783. The Balaban J connectivity index is 1.87. The summed E-state index contributed by atoms with van der Waals surface area (Å²) in [6.45, 7) is 1.70. The van der Waals surface area contributed by atoms with Crippen LogP contribution in [0.3, 0.4) is 0 Å². The molecule has 9 heteroatoms. The molecule has 2 N–H and O–H groups in total. The number of amides is 2. The second-order valence-corrected chi connectivity index (χ2v) is 7.16. The van der Waals surface area contributed by atoms with Crippen molar-refractivity contribution in [1.29, 1.82) is 0 Å². The van der Waals surface area contributed by atoms with Gasteiger partial charge in [0.1, 0.15) is 11.0 Å². The number of halogens is 3. The summed E-state index contributed by atoms with van der Waals surface area (Å²) < 4.78 is 38.5. The maximum absolute atomic E-state index is 12.8. The minimum absolute atomic E-state index is 0.203. The zero-order valence-electron chi connectivity index (χ0n) is 13.8. The standard InChI is InChI=1S/C17H16F3N3O2S/c1-9-16(23-12(15(21)25)5-6-14(23)24)26-13(22-9)8-10-3-2-4-11(7-10)17(18,19)20/h2-4,7,12H,5-6,8H2,1H3,(H2,21,25)/t12-/m0/s1. The predicted molar refractivity (Wildman–Crippen MR) is 90.8 cm³/mol. The molecule has 5 nitrogen and oxygen atoms in total. The monoisotopic (exact) mass is 383 g/mol. The Morgan fingerprint density at radius 1 is 1.42 bits per heavy atom. The summed E-state index contributed by atoms with van der Waals surface area (Å²) >= 11 is 1.19. The molecule has 0 spiro atoms. The van der Waals surface area contributed by atoms with Crippen molar-refractivity contribution in [2.45, 2.75) is 38.4 Å². The molecule has 0 bridgehead atoms. The molecule has 1 fully saturated rings. The fourth-order valence-electron chi connectivity index (χ4n) is 2.98. The Morgan fingerprint density at radius 2 is 2.15 bits per heavy atom. The van der Waals surface area contributed by atoms with Gasteiger partial charge in [-0.25, -0.2) is 4.98 Å². The van der Waals surface area contributed by atoms with E-state index in [4.69, 9.17) is 5.73 Å². The number of carbonyl (C=O) groups excluding carboxylic acids is 2. The molecule has 0 aliphatic carbocycles. The first kappa shape index (κ1) is 18.4. The molecule has 0 unspecified atom stereocenters. The van der Waals surface area contributed by atoms with Crippen molar-refractivity contribution < 1.29 is 22.8 Å². The molecule has 1 aliphatic rings. The predicted octanol–water partition coefficient (Wildman–Crippen LogP) is 3.04. The van der Waals surface area contributed by atoms with Crippen LogP contribution < -0.4 is 10.6 Å². The number of aromatic nitrogens is 1. The van der Waals surface area contributed by atoms with Crippen molar-refractivity contribution in [3.63, 3.8) is 0 Å². The van der Waals surface area contributed by atoms with Gasteiger partial charge in [-0.15, -0.1) is 11.3 Å². The summed E-state index contributed by atoms with van der Waals surface area (Å²) in [6.07, 6.45) is -3.61. The van der Waals surface area contributed by atoms with Crippen LogP contribution in [-0.2, 0) is 22.2 Å². The Bertz CT molecular complexity index is 863. The van der Waals surface area contributed by atoms with Crippen LogP contribution in [0.1, 0.15) is 34.7 Å². The first-order valence-corrected chi connectivity index (χ1v) is 8.72. The van der Waals surface area contributed by atoms with E-state index in [1.807, 2.05) is 0 Å². The number of rotatable bonds is 4. The summed E-state index contributed by atoms with van der Waals surface area (Å²) in [7, 11) is 0. The normalized spacial score (nSPS) is 17.8. The van der Waals surface area contributed by atoms with Crippen molar-refractivity contribution in [2.75, 3.05) is 4.90 Å². The average molecular weight is 383 g/mol. The van der Waals surface area contributed by atoms with Gasteiger partial charge < -0.3 is 5.73 Å². The van der Waals surface area contributed by atoms with Crippen LogP contribution in [-0.4, -0.2) is 22.8 Å². The quantitative estimate of drug-likeness (QED) is 0.882. The van der Waals surface area contributed by atoms with E-state index in [9.17, 15) is 22.8 Å². The topological polar surface area (TPSA) is 76.3 Å². The van der Waals surface area contributed by atoms with Crippen molar-refractivity contribution in [2.24, 2.45) is 5.73 Å². The van der Waals surface area contributed by atoms with E-state index in [2.05, 4.69) is 4.98 Å². The van der Waals surface area contributed by atoms with Gasteiger partial charge in [0.25, 0.3) is 0 Å². The number of alkyl halides is 3. The van der Waals surface area contributed by atoms with E-state index in [1.54, 1.807) is 13.0 Å². The molecule has 2 aromatic rings. The number of anilines is 1. The molecule has 1 atom stereocenters. The molecule has 1 aliphatic heterocycles. The highest BCUT2D eigenvalue weighted by Crippen LogP contribution is 2.36. The maximum Gasteiger partial charge on any atom is 0.416 e. The van der Waals surface area contributed by atoms with Gasteiger partial charge in [-0.05, 0) is 25.0 Å². The second-order valence-electron chi connectivity index (χ2n) is 6.09. The third-order valence-corrected chi connectivity index (χ3v) is 5.34. The lowest BCUT2D eigenvalue weighted by Crippen LogP contribution is -2.42. The van der Waals surface area contributed by atoms with E-state index in [1.165, 1.54) is 22.3 Å². The van der Waals surface area contributed by atoms with Gasteiger partial charge in [0.05, 0.1) is 16.3 Å². The molecular formula is C17H16F3N3O2S. The Hall–Kier alpha value is -2.42. The van der Waals surface area contributed by atoms with Gasteiger partial charge in [0.15, 0.2) is 0 Å². The van der Waals surface area contributed by atoms with Gasteiger partial charge in [-0.3, -0.25) is 14.5 Å². The molecular weight excluding hydrogens is 367 g/mol. The Kier molecular flexibility index (Phi) is 4.74. The van der Waals surface area contributed by atoms with E-state index in [-0.39, 0.29) is 18.7 Å². The lowest BCUT2D eigenvalue weighted by atomic mass is 10.1. The Morgan fingerprint density at radius 3 is 2.81 bits per heavy atom. The number of hydrogen-bond acceptors (Lipinski definition) is 4. The summed E-state index contributed by atoms with van der Waals surface area (Å²) in [5, 5.41) is 1.10. The van der Waals surface area contributed by atoms with Gasteiger partial charge >= 0.3 is 6.18 Å². The smallest absolute Gasteiger partial charge is 0.368 e. The van der Waals surface area contributed by atoms with E-state index in [0.717, 1.165) is 12.1 Å². The zero-order valence-corrected chi connectivity index (χ0v) is 14.7. The van der Waals surface area contributed by atoms with E-state index >= 15 is 0 Å². The van der Waals surface area contributed by atoms with Crippen molar-refractivity contribution in [3.8, 4) is 0 Å². The van der Waals surface area contributed by atoms with Crippen LogP contribution in [0.25, 0.3) is 0 Å². The molecule has 0 saturated carbocycles. The molecule has 1 aromatic heterocycles. The number of benzene rings is 1. The number of primary amides is 1. The molecule has 2 amide bonds. The van der Waals surface area contributed by atoms with Crippen LogP contribution in [0.5, 0.6) is 0 Å². The SMILES string of the molecule is Cc1nc(Cc2cccc(C(F)(F)F)c2)sc1N1C(=O)CC[C@H]1C(N)=O. The molecule has 0 radical (unpaired) electrons. The highest BCUT2D eigenvalue weighted by atomic mass is 32.1. The first-order chi connectivity index (χ1) is 12.2. The van der Waals surface area contributed by atoms with Gasteiger partial charge in [-0.1, -0.05) is 18.2 Å². The summed E-state index contributed by atoms with van der Waals surface area (Å²) in [5.41, 5.74) is 5.68. The van der Waals surface area contributed by atoms with Crippen LogP contribution in [0, 0.1) is 6.92 Å². The molecule has 1 saturated heterocycles. The van der Waals surface area contributed by atoms with Gasteiger partial charge in [-0.2, -0.15) is 13.2 Å². The van der Waals surface area contributed by atoms with Crippen LogP contribution in [0.2, 0.25) is 0 Å². The lowest BCUT2D eigenvalue weighted by molar-refractivity contribution is -0.137. The number of hydrogen-bond donors (Lipinski definition) is 1. The summed E-state index contributed by atoms with van der Waals surface area (Å²) in [4.78, 5) is 29.4. The number of nitrogens with zero attached hydrogens (tertiary/aromatic N) is 2. The zero-order chi connectivity index (χ0) is 19.1. The average Bonchev–Trinajstić information content (AvgIpc) is 3.09. The molecule has 138 valence electrons. The Labute approximate surface area is 151 Å². The maximum atomic E-state index is 12.8. The van der Waals surface area contributed by atoms with Gasteiger partial charge in [0.2, 0.25) is 11.8 Å². The van der Waals surface area contributed by atoms with Crippen molar-refractivity contribution in [3.05, 3.63) is 46.1 Å². The minimum Gasteiger partial charge on any atom is -0.368 e.